The molecule has 3 unspecified atom stereocenters. The molecule has 3 amide bonds. The lowest BCUT2D eigenvalue weighted by atomic mass is 9.79. The quantitative estimate of drug-likeness (QED) is 0.400. The lowest BCUT2D eigenvalue weighted by molar-refractivity contribution is -0.315. The average molecular weight is 650 g/mol. The number of fused-ring (bicyclic) bond motifs is 5. The van der Waals surface area contributed by atoms with Gasteiger partial charge in [-0.25, -0.2) is 0 Å². The largest absolute Gasteiger partial charge is 0.431 e. The second kappa shape index (κ2) is 10.1. The molecule has 2 aromatic carbocycles. The van der Waals surface area contributed by atoms with Gasteiger partial charge >= 0.3 is 6.18 Å². The number of piperazine rings is 1. The number of amides is 3. The van der Waals surface area contributed by atoms with Crippen LogP contribution >= 0.6 is 0 Å². The van der Waals surface area contributed by atoms with E-state index in [0.717, 1.165) is 16.0 Å². The molecule has 5 aliphatic rings. The van der Waals surface area contributed by atoms with Gasteiger partial charge in [0.2, 0.25) is 17.5 Å². The third-order valence-electron chi connectivity index (χ3n) is 10.5. The number of carbonyl (C=O) groups is 3. The fourth-order valence-electron chi connectivity index (χ4n) is 8.45. The number of benzene rings is 2. The van der Waals surface area contributed by atoms with Crippen LogP contribution in [-0.4, -0.2) is 92.4 Å². The van der Waals surface area contributed by atoms with Crippen LogP contribution in [0, 0.1) is 5.92 Å². The van der Waals surface area contributed by atoms with Crippen molar-refractivity contribution < 1.29 is 37.4 Å². The Labute approximate surface area is 268 Å². The average Bonchev–Trinajstić information content (AvgIpc) is 3.72. The van der Waals surface area contributed by atoms with E-state index >= 15 is 0 Å². The van der Waals surface area contributed by atoms with Gasteiger partial charge in [0.25, 0.3) is 11.8 Å². The molecule has 6 atom stereocenters. The van der Waals surface area contributed by atoms with Gasteiger partial charge in [0.1, 0.15) is 17.8 Å². The fourth-order valence-corrected chi connectivity index (χ4v) is 8.45. The number of ether oxygens (including phenoxy) is 1. The molecule has 0 saturated carbocycles. The second-order valence-electron chi connectivity index (χ2n) is 13.4. The zero-order chi connectivity index (χ0) is 33.0. The molecule has 0 bridgehead atoms. The molecule has 0 spiro atoms. The van der Waals surface area contributed by atoms with E-state index in [1.165, 1.54) is 6.92 Å². The van der Waals surface area contributed by atoms with E-state index in [0.29, 0.717) is 35.9 Å². The van der Waals surface area contributed by atoms with Crippen molar-refractivity contribution in [3.63, 3.8) is 0 Å². The highest BCUT2D eigenvalue weighted by Crippen LogP contribution is 2.47. The van der Waals surface area contributed by atoms with Gasteiger partial charge in [0, 0.05) is 36.5 Å². The number of carbonyl (C=O) groups excluding carboxylic acids is 3. The summed E-state index contributed by atoms with van der Waals surface area (Å²) >= 11 is 0. The van der Waals surface area contributed by atoms with Gasteiger partial charge < -0.3 is 20.3 Å². The Morgan fingerprint density at radius 1 is 1.15 bits per heavy atom. The van der Waals surface area contributed by atoms with Crippen molar-refractivity contribution in [2.24, 2.45) is 5.92 Å². The van der Waals surface area contributed by atoms with Crippen LogP contribution in [0.15, 0.2) is 54.6 Å². The summed E-state index contributed by atoms with van der Waals surface area (Å²) < 4.78 is 48.0. The van der Waals surface area contributed by atoms with Crippen molar-refractivity contribution in [1.82, 2.24) is 25.0 Å². The van der Waals surface area contributed by atoms with Crippen LogP contribution in [0.1, 0.15) is 42.1 Å². The first-order valence-corrected chi connectivity index (χ1v) is 15.9. The summed E-state index contributed by atoms with van der Waals surface area (Å²) in [5, 5.41) is 15.3. The van der Waals surface area contributed by atoms with Crippen LogP contribution in [0.2, 0.25) is 0 Å². The van der Waals surface area contributed by atoms with Crippen molar-refractivity contribution in [2.75, 3.05) is 20.1 Å². The zero-order valence-electron chi connectivity index (χ0n) is 25.8. The van der Waals surface area contributed by atoms with Crippen LogP contribution in [0.3, 0.4) is 0 Å². The van der Waals surface area contributed by atoms with Gasteiger partial charge in [0.05, 0.1) is 5.92 Å². The number of aromatic nitrogens is 1. The number of aromatic amines is 1. The molecule has 10 nitrogen and oxygen atoms in total. The Kier molecular flexibility index (Phi) is 6.51. The van der Waals surface area contributed by atoms with Crippen LogP contribution in [0.25, 0.3) is 16.5 Å². The maximum atomic E-state index is 14.2. The molecule has 1 aliphatic carbocycles. The molecule has 3 N–H and O–H groups in total. The van der Waals surface area contributed by atoms with Gasteiger partial charge in [-0.3, -0.25) is 28.9 Å². The molecule has 246 valence electrons. The summed E-state index contributed by atoms with van der Waals surface area (Å²) in [5.41, 5.74) is 0.0213. The van der Waals surface area contributed by atoms with Crippen LogP contribution in [0.5, 0.6) is 0 Å². The highest BCUT2D eigenvalue weighted by molar-refractivity contribution is 6.01. The number of nitrogens with zero attached hydrogens (tertiary/aromatic N) is 3. The standard InChI is InChI=1S/C34H34F3N5O5/c1-32(31(45)42-25(14-18-8-4-3-5-9-18)30(44)41-13-7-12-26(41)34(42,46)47-32)39-29(43)19-15-21-20-10-6-11-23-27(20)22(16-24(21)40(2)17-19)28(38-23)33(35,36)37/h3-6,8-11,15,19,24-26,38,46H,7,12-14,16-17H2,1-2H3,(H,39,43)/t19?,24?,25-,26-,32?,34-/m0/s1. The summed E-state index contributed by atoms with van der Waals surface area (Å²) in [6.07, 6.45) is -1.43. The number of hydrogen-bond acceptors (Lipinski definition) is 6. The fraction of sp³-hybridized carbons (Fsp3) is 0.441. The normalized spacial score (nSPS) is 31.9. The highest BCUT2D eigenvalue weighted by Gasteiger charge is 2.70. The summed E-state index contributed by atoms with van der Waals surface area (Å²) in [7, 11) is 1.76. The van der Waals surface area contributed by atoms with Gasteiger partial charge in [-0.1, -0.05) is 48.5 Å². The number of alkyl halides is 3. The van der Waals surface area contributed by atoms with E-state index in [2.05, 4.69) is 10.3 Å². The minimum absolute atomic E-state index is 0.124. The third-order valence-corrected chi connectivity index (χ3v) is 10.5. The first-order valence-electron chi connectivity index (χ1n) is 15.9. The van der Waals surface area contributed by atoms with Gasteiger partial charge in [-0.15, -0.1) is 0 Å². The highest BCUT2D eigenvalue weighted by atomic mass is 19.4. The SMILES string of the molecule is CN1CC(C(=O)NC2(C)O[C@@]3(O)[C@@H]4CCCN4C(=O)[C@H](Cc4ccccc4)N3C2=O)C=C2c3cccc4[nH]c(C(F)(F)F)c(c34)CC21. The molecule has 3 saturated heterocycles. The number of likely N-dealkylation sites (N-methyl/N-ethyl adjacent to an activating group) is 1. The Balaban J connectivity index is 1.12. The molecule has 8 rings (SSSR count). The summed E-state index contributed by atoms with van der Waals surface area (Å²) in [4.78, 5) is 49.0. The molecule has 5 heterocycles. The Bertz CT molecular complexity index is 1860. The van der Waals surface area contributed by atoms with Gasteiger partial charge in [-0.2, -0.15) is 13.2 Å². The minimum Gasteiger partial charge on any atom is -0.351 e. The van der Waals surface area contributed by atoms with Crippen molar-refractivity contribution in [3.8, 4) is 0 Å². The maximum absolute atomic E-state index is 14.2. The van der Waals surface area contributed by atoms with Crippen molar-refractivity contribution in [1.29, 1.82) is 0 Å². The molecule has 1 aromatic heterocycles. The van der Waals surface area contributed by atoms with E-state index in [4.69, 9.17) is 4.74 Å². The number of halogens is 3. The number of H-pyrrole nitrogens is 1. The van der Waals surface area contributed by atoms with Crippen LogP contribution in [0.4, 0.5) is 13.2 Å². The first-order chi connectivity index (χ1) is 22.3. The number of rotatable bonds is 4. The first kappa shape index (κ1) is 30.2. The third kappa shape index (κ3) is 4.39. The number of aliphatic hydroxyl groups is 1. The predicted octanol–water partition coefficient (Wildman–Crippen LogP) is 3.01. The van der Waals surface area contributed by atoms with Gasteiger partial charge in [-0.05, 0) is 61.6 Å². The van der Waals surface area contributed by atoms with Crippen molar-refractivity contribution in [3.05, 3.63) is 77.0 Å². The van der Waals surface area contributed by atoms with E-state index in [9.17, 15) is 32.7 Å². The Hall–Kier alpha value is -4.20. The molecule has 3 aromatic rings. The van der Waals surface area contributed by atoms with E-state index in [-0.39, 0.29) is 36.9 Å². The van der Waals surface area contributed by atoms with Gasteiger partial charge in [0.15, 0.2) is 0 Å². The molecule has 4 aliphatic heterocycles. The smallest absolute Gasteiger partial charge is 0.351 e. The molecular weight excluding hydrogens is 615 g/mol. The summed E-state index contributed by atoms with van der Waals surface area (Å²) in [6.45, 7) is 2.00. The monoisotopic (exact) mass is 649 g/mol. The lowest BCUT2D eigenvalue weighted by Gasteiger charge is -2.48. The zero-order valence-corrected chi connectivity index (χ0v) is 25.8. The molecule has 47 heavy (non-hydrogen) atoms. The summed E-state index contributed by atoms with van der Waals surface area (Å²) in [6, 6.07) is 12.1. The minimum atomic E-state index is -4.54. The maximum Gasteiger partial charge on any atom is 0.431 e. The Morgan fingerprint density at radius 2 is 1.91 bits per heavy atom. The second-order valence-corrected chi connectivity index (χ2v) is 13.4. The topological polar surface area (TPSA) is 118 Å². The molecule has 3 fully saturated rings. The molecule has 0 radical (unpaired) electrons. The van der Waals surface area contributed by atoms with E-state index in [1.54, 1.807) is 36.2 Å². The number of hydrogen-bond donors (Lipinski definition) is 3. The number of nitrogens with one attached hydrogen (secondary N) is 2. The van der Waals surface area contributed by atoms with Crippen molar-refractivity contribution >= 4 is 34.2 Å². The van der Waals surface area contributed by atoms with Crippen molar-refractivity contribution in [2.45, 2.75) is 68.5 Å². The molecule has 13 heteroatoms. The Morgan fingerprint density at radius 3 is 2.66 bits per heavy atom. The molecular formula is C34H34F3N5O5. The van der Waals surface area contributed by atoms with E-state index in [1.807, 2.05) is 35.2 Å². The summed E-state index contributed by atoms with van der Waals surface area (Å²) in [5.74, 6) is -4.46. The van der Waals surface area contributed by atoms with E-state index < -0.39 is 53.3 Å². The van der Waals surface area contributed by atoms with Crippen LogP contribution < -0.4 is 5.32 Å². The predicted molar refractivity (Wildman–Crippen MR) is 163 cm³/mol. The van der Waals surface area contributed by atoms with Crippen LogP contribution in [-0.2, 0) is 38.1 Å². The lowest BCUT2D eigenvalue weighted by Crippen LogP contribution is -2.71.